The van der Waals surface area contributed by atoms with Crippen molar-refractivity contribution in [3.63, 3.8) is 0 Å². The van der Waals surface area contributed by atoms with Crippen LogP contribution < -0.4 is 20.1 Å². The van der Waals surface area contributed by atoms with Crippen molar-refractivity contribution >= 4 is 19.7 Å². The molecule has 0 saturated carbocycles. The highest BCUT2D eigenvalue weighted by Crippen LogP contribution is 2.39. The normalized spacial score (nSPS) is 19.2. The van der Waals surface area contributed by atoms with Gasteiger partial charge in [0, 0.05) is 64.0 Å². The molecule has 0 atom stereocenters. The standard InChI is InChI=1S/C27H50N4O3Si/c1-27(2,3)35(6,7)34-19-9-8-18-33-26-20-23(28)25(32-5)21-24(26)31-12-10-22(11-13-31)30-16-14-29(4)15-17-30/h20-22H,8-19,28H2,1-7H3. The molecule has 1 aromatic carbocycles. The Morgan fingerprint density at radius 3 is 2.17 bits per heavy atom. The Kier molecular flexibility index (Phi) is 9.77. The molecular weight excluding hydrogens is 456 g/mol. The highest BCUT2D eigenvalue weighted by molar-refractivity contribution is 6.74. The van der Waals surface area contributed by atoms with Crippen LogP contribution in [0.15, 0.2) is 12.1 Å². The molecule has 0 unspecified atom stereocenters. The molecule has 3 rings (SSSR count). The fraction of sp³-hybridized carbons (Fsp3) is 0.778. The third-order valence-corrected chi connectivity index (χ3v) is 12.8. The van der Waals surface area contributed by atoms with E-state index in [1.54, 1.807) is 7.11 Å². The first-order chi connectivity index (χ1) is 16.5. The molecule has 2 fully saturated rings. The van der Waals surface area contributed by atoms with Crippen molar-refractivity contribution in [2.45, 2.75) is 70.6 Å². The van der Waals surface area contributed by atoms with Crippen LogP contribution in [0.3, 0.4) is 0 Å². The molecule has 2 saturated heterocycles. The van der Waals surface area contributed by atoms with Gasteiger partial charge in [-0.2, -0.15) is 0 Å². The van der Waals surface area contributed by atoms with Gasteiger partial charge in [-0.05, 0) is 50.9 Å². The Morgan fingerprint density at radius 2 is 1.57 bits per heavy atom. The maximum Gasteiger partial charge on any atom is 0.191 e. The number of benzene rings is 1. The molecule has 0 bridgehead atoms. The van der Waals surface area contributed by atoms with Crippen molar-refractivity contribution in [2.75, 3.05) is 77.3 Å². The van der Waals surface area contributed by atoms with Crippen LogP contribution in [0.1, 0.15) is 46.5 Å². The van der Waals surface area contributed by atoms with Crippen molar-refractivity contribution in [2.24, 2.45) is 0 Å². The summed E-state index contributed by atoms with van der Waals surface area (Å²) in [6, 6.07) is 4.68. The van der Waals surface area contributed by atoms with Gasteiger partial charge < -0.3 is 29.4 Å². The molecule has 0 radical (unpaired) electrons. The van der Waals surface area contributed by atoms with E-state index in [0.717, 1.165) is 49.7 Å². The average molecular weight is 507 g/mol. The summed E-state index contributed by atoms with van der Waals surface area (Å²) in [6.45, 7) is 19.7. The van der Waals surface area contributed by atoms with E-state index in [9.17, 15) is 0 Å². The van der Waals surface area contributed by atoms with Crippen molar-refractivity contribution in [3.8, 4) is 11.5 Å². The van der Waals surface area contributed by atoms with Gasteiger partial charge in [-0.25, -0.2) is 0 Å². The fourth-order valence-corrected chi connectivity index (χ4v) is 5.78. The Labute approximate surface area is 215 Å². The Bertz CT molecular complexity index is 798. The zero-order valence-corrected chi connectivity index (χ0v) is 24.4. The Hall–Kier alpha value is -1.48. The SMILES string of the molecule is COc1cc(N2CCC(N3CCN(C)CC3)CC2)c(OCCCCO[Si](C)(C)C(C)(C)C)cc1N. The quantitative estimate of drug-likeness (QED) is 0.281. The highest BCUT2D eigenvalue weighted by atomic mass is 28.4. The summed E-state index contributed by atoms with van der Waals surface area (Å²) in [5.74, 6) is 1.59. The van der Waals surface area contributed by atoms with E-state index < -0.39 is 8.32 Å². The minimum absolute atomic E-state index is 0.247. The summed E-state index contributed by atoms with van der Waals surface area (Å²) in [4.78, 5) is 7.56. The summed E-state index contributed by atoms with van der Waals surface area (Å²) in [7, 11) is 2.21. The number of nitrogens with two attached hydrogens (primary N) is 1. The number of rotatable bonds is 10. The molecule has 7 nitrogen and oxygen atoms in total. The molecule has 2 aliphatic rings. The van der Waals surface area contributed by atoms with Crippen LogP contribution in [0.5, 0.6) is 11.5 Å². The maximum atomic E-state index is 6.31. The fourth-order valence-electron chi connectivity index (χ4n) is 4.69. The summed E-state index contributed by atoms with van der Waals surface area (Å²) in [6.07, 6.45) is 4.33. The molecule has 0 aliphatic carbocycles. The zero-order valence-electron chi connectivity index (χ0n) is 23.4. The topological polar surface area (TPSA) is 63.4 Å². The first-order valence-electron chi connectivity index (χ1n) is 13.4. The number of piperazine rings is 1. The molecule has 0 aromatic heterocycles. The lowest BCUT2D eigenvalue weighted by atomic mass is 10.0. The Balaban J connectivity index is 1.54. The van der Waals surface area contributed by atoms with E-state index in [0.29, 0.717) is 18.3 Å². The largest absolute Gasteiger partial charge is 0.495 e. The van der Waals surface area contributed by atoms with Crippen LogP contribution in [-0.4, -0.2) is 90.8 Å². The molecule has 2 N–H and O–H groups in total. The lowest BCUT2D eigenvalue weighted by Gasteiger charge is -2.42. The van der Waals surface area contributed by atoms with Crippen LogP contribution in [0.2, 0.25) is 18.1 Å². The number of nitrogen functional groups attached to an aromatic ring is 1. The van der Waals surface area contributed by atoms with Crippen molar-refractivity contribution < 1.29 is 13.9 Å². The first kappa shape index (κ1) is 28.1. The van der Waals surface area contributed by atoms with Gasteiger partial charge in [0.1, 0.15) is 11.5 Å². The van der Waals surface area contributed by atoms with E-state index in [1.165, 1.54) is 39.0 Å². The monoisotopic (exact) mass is 506 g/mol. The number of anilines is 2. The summed E-state index contributed by atoms with van der Waals surface area (Å²) < 4.78 is 18.1. The molecule has 0 spiro atoms. The Morgan fingerprint density at radius 1 is 0.943 bits per heavy atom. The number of unbranched alkanes of at least 4 members (excludes halogenated alkanes) is 1. The molecule has 35 heavy (non-hydrogen) atoms. The van der Waals surface area contributed by atoms with Crippen molar-refractivity contribution in [3.05, 3.63) is 12.1 Å². The smallest absolute Gasteiger partial charge is 0.191 e. The van der Waals surface area contributed by atoms with Crippen molar-refractivity contribution in [1.82, 2.24) is 9.80 Å². The van der Waals surface area contributed by atoms with Gasteiger partial charge in [-0.3, -0.25) is 4.90 Å². The molecule has 2 heterocycles. The second-order valence-electron chi connectivity index (χ2n) is 11.8. The van der Waals surface area contributed by atoms with Crippen LogP contribution >= 0.6 is 0 Å². The van der Waals surface area contributed by atoms with Crippen molar-refractivity contribution in [1.29, 1.82) is 0 Å². The predicted molar refractivity (Wildman–Crippen MR) is 150 cm³/mol. The molecule has 200 valence electrons. The van der Waals surface area contributed by atoms with E-state index in [-0.39, 0.29) is 5.04 Å². The number of hydrogen-bond donors (Lipinski definition) is 1. The summed E-state index contributed by atoms with van der Waals surface area (Å²) >= 11 is 0. The minimum Gasteiger partial charge on any atom is -0.495 e. The second-order valence-corrected chi connectivity index (χ2v) is 16.6. The van der Waals surface area contributed by atoms with Gasteiger partial charge in [0.05, 0.1) is 25.1 Å². The number of methoxy groups -OCH3 is 1. The second kappa shape index (κ2) is 12.2. The van der Waals surface area contributed by atoms with Crippen LogP contribution in [0.4, 0.5) is 11.4 Å². The van der Waals surface area contributed by atoms with Gasteiger partial charge >= 0.3 is 0 Å². The van der Waals surface area contributed by atoms with Gasteiger partial charge in [0.25, 0.3) is 0 Å². The molecule has 8 heteroatoms. The lowest BCUT2D eigenvalue weighted by molar-refractivity contribution is 0.0981. The van der Waals surface area contributed by atoms with E-state index in [2.05, 4.69) is 61.7 Å². The number of piperidine rings is 1. The number of ether oxygens (including phenoxy) is 2. The van der Waals surface area contributed by atoms with Crippen LogP contribution in [-0.2, 0) is 4.43 Å². The average Bonchev–Trinajstić information content (AvgIpc) is 2.81. The minimum atomic E-state index is -1.68. The van der Waals surface area contributed by atoms with Gasteiger partial charge in [0.15, 0.2) is 8.32 Å². The molecular formula is C27H50N4O3Si. The van der Waals surface area contributed by atoms with E-state index in [4.69, 9.17) is 19.6 Å². The summed E-state index contributed by atoms with van der Waals surface area (Å²) in [5, 5.41) is 0.247. The number of likely N-dealkylation sites (N-methyl/N-ethyl adjacent to an activating group) is 1. The highest BCUT2D eigenvalue weighted by Gasteiger charge is 2.36. The number of nitrogens with zero attached hydrogens (tertiary/aromatic N) is 3. The van der Waals surface area contributed by atoms with E-state index >= 15 is 0 Å². The van der Waals surface area contributed by atoms with Gasteiger partial charge in [-0.15, -0.1) is 0 Å². The maximum absolute atomic E-state index is 6.31. The lowest BCUT2D eigenvalue weighted by Crippen LogP contribution is -2.52. The molecule has 0 amide bonds. The third-order valence-electron chi connectivity index (χ3n) is 8.24. The van der Waals surface area contributed by atoms with Gasteiger partial charge in [-0.1, -0.05) is 20.8 Å². The third kappa shape index (κ3) is 7.51. The number of hydrogen-bond acceptors (Lipinski definition) is 7. The predicted octanol–water partition coefficient (Wildman–Crippen LogP) is 4.67. The summed E-state index contributed by atoms with van der Waals surface area (Å²) in [5.41, 5.74) is 7.98. The van der Waals surface area contributed by atoms with E-state index in [1.807, 2.05) is 6.07 Å². The molecule has 2 aliphatic heterocycles. The zero-order chi connectivity index (χ0) is 25.6. The van der Waals surface area contributed by atoms with Crippen LogP contribution in [0, 0.1) is 0 Å². The van der Waals surface area contributed by atoms with Gasteiger partial charge in [0.2, 0.25) is 0 Å². The van der Waals surface area contributed by atoms with Crippen LogP contribution in [0.25, 0.3) is 0 Å². The molecule has 1 aromatic rings. The first-order valence-corrected chi connectivity index (χ1v) is 16.3.